The van der Waals surface area contributed by atoms with Crippen LogP contribution in [0.5, 0.6) is 0 Å². The van der Waals surface area contributed by atoms with Crippen LogP contribution in [0.3, 0.4) is 0 Å². The van der Waals surface area contributed by atoms with Crippen LogP contribution in [0.25, 0.3) is 10.4 Å². The minimum Gasteiger partial charge on any atom is -0.457 e. The van der Waals surface area contributed by atoms with Crippen LogP contribution in [0.15, 0.2) is 59.7 Å². The third kappa shape index (κ3) is 9.90. The van der Waals surface area contributed by atoms with E-state index in [1.54, 1.807) is 51.1 Å². The molecule has 2 heterocycles. The van der Waals surface area contributed by atoms with Gasteiger partial charge < -0.3 is 29.0 Å². The van der Waals surface area contributed by atoms with Crippen molar-refractivity contribution in [2.75, 3.05) is 19.7 Å². The Hall–Kier alpha value is -4.39. The van der Waals surface area contributed by atoms with E-state index in [0.717, 1.165) is 11.1 Å². The van der Waals surface area contributed by atoms with Crippen molar-refractivity contribution in [2.24, 2.45) is 11.0 Å². The third-order valence-electron chi connectivity index (χ3n) is 9.71. The van der Waals surface area contributed by atoms with E-state index in [2.05, 4.69) is 15.3 Å². The third-order valence-corrected chi connectivity index (χ3v) is 9.71. The van der Waals surface area contributed by atoms with Crippen molar-refractivity contribution in [1.82, 2.24) is 10.2 Å². The lowest BCUT2D eigenvalue weighted by molar-refractivity contribution is -0.150. The lowest BCUT2D eigenvalue weighted by atomic mass is 9.78. The Labute approximate surface area is 300 Å². The summed E-state index contributed by atoms with van der Waals surface area (Å²) in [5.74, 6) is -2.50. The summed E-state index contributed by atoms with van der Waals surface area (Å²) in [5.41, 5.74) is 8.28. The second-order valence-electron chi connectivity index (χ2n) is 15.4. The van der Waals surface area contributed by atoms with Crippen molar-refractivity contribution in [3.8, 4) is 0 Å². The summed E-state index contributed by atoms with van der Waals surface area (Å²) in [6.45, 7) is 14.1. The van der Waals surface area contributed by atoms with E-state index in [4.69, 9.17) is 18.8 Å². The summed E-state index contributed by atoms with van der Waals surface area (Å²) in [4.78, 5) is 58.6. The second-order valence-corrected chi connectivity index (χ2v) is 15.4. The van der Waals surface area contributed by atoms with Crippen LogP contribution >= 0.6 is 0 Å². The molecule has 51 heavy (non-hydrogen) atoms. The molecular formula is C37H50BN5O8. The first-order valence-electron chi connectivity index (χ1n) is 17.4. The number of hydrogen-bond donors (Lipinski definition) is 1. The smallest absolute Gasteiger partial charge is 0.457 e. The van der Waals surface area contributed by atoms with Gasteiger partial charge in [0.05, 0.1) is 11.2 Å². The fourth-order valence-corrected chi connectivity index (χ4v) is 6.27. The molecule has 3 atom stereocenters. The number of esters is 1. The molecule has 14 heteroatoms. The number of carbonyl (C=O) groups excluding carboxylic acids is 4. The predicted molar refractivity (Wildman–Crippen MR) is 192 cm³/mol. The minimum atomic E-state index is -1.84. The van der Waals surface area contributed by atoms with E-state index in [0.29, 0.717) is 24.7 Å². The number of ketones is 1. The first kappa shape index (κ1) is 39.4. The molecule has 2 saturated heterocycles. The van der Waals surface area contributed by atoms with E-state index < -0.39 is 71.8 Å². The highest BCUT2D eigenvalue weighted by Crippen LogP contribution is 2.40. The number of hydrogen-bond acceptors (Lipinski definition) is 9. The molecule has 0 spiro atoms. The van der Waals surface area contributed by atoms with Crippen LogP contribution in [0.1, 0.15) is 82.8 Å². The summed E-state index contributed by atoms with van der Waals surface area (Å²) in [6.07, 6.45) is 0.710. The highest BCUT2D eigenvalue weighted by Gasteiger charge is 2.55. The first-order chi connectivity index (χ1) is 23.9. The molecule has 0 saturated carbocycles. The molecule has 13 nitrogen and oxygen atoms in total. The van der Waals surface area contributed by atoms with Crippen LogP contribution < -0.4 is 5.32 Å². The number of alkyl carbamates (subject to hydrolysis) is 1. The summed E-state index contributed by atoms with van der Waals surface area (Å²) >= 11 is 0. The molecule has 4 rings (SSSR count). The normalized spacial score (nSPS) is 21.4. The Bertz CT molecular complexity index is 1610. The molecule has 2 fully saturated rings. The van der Waals surface area contributed by atoms with Crippen LogP contribution in [0, 0.1) is 12.8 Å². The standard InChI is InChI=1S/C37H50BN5O8/c1-25-16-18-26(19-17-25)21-29(40-33(47)49-34(2,3)4)31(45)43-22-28(15-12-20-38-50-35(5,6)36(7,8)51-38)37(24-43,41-42-39)32(46)48-23-30(44)27-13-10-9-11-14-27/h9-11,13-14,16-19,28-29H,12,15,20-24H2,1-8H3,(H,40,47)/t28-,29?,37-/m0/s1. The van der Waals surface area contributed by atoms with Crippen molar-refractivity contribution < 1.29 is 38.0 Å². The highest BCUT2D eigenvalue weighted by atomic mass is 16.7. The Kier molecular flexibility index (Phi) is 12.3. The summed E-state index contributed by atoms with van der Waals surface area (Å²) < 4.78 is 23.3. The molecule has 2 aromatic carbocycles. The van der Waals surface area contributed by atoms with Gasteiger partial charge in [-0.3, -0.25) is 14.4 Å². The first-order valence-corrected chi connectivity index (χ1v) is 17.4. The molecule has 2 aromatic rings. The van der Waals surface area contributed by atoms with Gasteiger partial charge in [0, 0.05) is 35.9 Å². The number of azide groups is 1. The van der Waals surface area contributed by atoms with Gasteiger partial charge in [-0.1, -0.05) is 71.7 Å². The van der Waals surface area contributed by atoms with Crippen molar-refractivity contribution in [2.45, 2.75) is 109 Å². The number of aryl methyl sites for hydroxylation is 1. The van der Waals surface area contributed by atoms with E-state index in [1.807, 2.05) is 58.9 Å². The molecule has 0 aromatic heterocycles. The molecule has 2 aliphatic rings. The fraction of sp³-hybridized carbons (Fsp3) is 0.568. The number of likely N-dealkylation sites (tertiary alicyclic amines) is 1. The highest BCUT2D eigenvalue weighted by molar-refractivity contribution is 6.45. The zero-order valence-corrected chi connectivity index (χ0v) is 30.9. The zero-order valence-electron chi connectivity index (χ0n) is 30.9. The molecule has 0 radical (unpaired) electrons. The van der Waals surface area contributed by atoms with Crippen LogP contribution in [0.4, 0.5) is 4.79 Å². The predicted octanol–water partition coefficient (Wildman–Crippen LogP) is 6.24. The Morgan fingerprint density at radius 3 is 2.25 bits per heavy atom. The molecular weight excluding hydrogens is 653 g/mol. The van der Waals surface area contributed by atoms with Gasteiger partial charge in [0.2, 0.25) is 5.91 Å². The van der Waals surface area contributed by atoms with Gasteiger partial charge in [-0.15, -0.1) is 0 Å². The number of ether oxygens (including phenoxy) is 2. The van der Waals surface area contributed by atoms with Gasteiger partial charge in [-0.25, -0.2) is 4.79 Å². The molecule has 274 valence electrons. The molecule has 2 aliphatic heterocycles. The summed E-state index contributed by atoms with van der Waals surface area (Å²) in [6, 6.07) is 14.9. The maximum absolute atomic E-state index is 14.3. The Morgan fingerprint density at radius 1 is 1.04 bits per heavy atom. The molecule has 0 bridgehead atoms. The average Bonchev–Trinajstić information content (AvgIpc) is 3.52. The molecule has 1 unspecified atom stereocenters. The number of Topliss-reactive ketones (excluding diaryl/α,β-unsaturated/α-hetero) is 1. The number of benzene rings is 2. The van der Waals surface area contributed by atoms with E-state index in [1.165, 1.54) is 4.90 Å². The van der Waals surface area contributed by atoms with Gasteiger partial charge in [0.1, 0.15) is 11.6 Å². The van der Waals surface area contributed by atoms with Crippen molar-refractivity contribution in [3.05, 3.63) is 81.7 Å². The largest absolute Gasteiger partial charge is 0.457 e. The maximum atomic E-state index is 14.3. The molecule has 1 N–H and O–H groups in total. The van der Waals surface area contributed by atoms with Crippen LogP contribution in [-0.4, -0.2) is 83.9 Å². The lowest BCUT2D eigenvalue weighted by Gasteiger charge is -2.32. The average molecular weight is 704 g/mol. The van der Waals surface area contributed by atoms with Gasteiger partial charge in [-0.2, -0.15) is 0 Å². The monoisotopic (exact) mass is 703 g/mol. The number of nitrogens with one attached hydrogen (secondary N) is 1. The fourth-order valence-electron chi connectivity index (χ4n) is 6.27. The number of nitrogens with zero attached hydrogens (tertiary/aromatic N) is 4. The van der Waals surface area contributed by atoms with Gasteiger partial charge in [-0.05, 0) is 79.2 Å². The van der Waals surface area contributed by atoms with E-state index >= 15 is 0 Å². The van der Waals surface area contributed by atoms with E-state index in [9.17, 15) is 24.7 Å². The Balaban J connectivity index is 1.60. The maximum Gasteiger partial charge on any atom is 0.457 e. The summed E-state index contributed by atoms with van der Waals surface area (Å²) in [7, 11) is -0.490. The number of carbonyl (C=O) groups is 4. The lowest BCUT2D eigenvalue weighted by Crippen LogP contribution is -2.52. The van der Waals surface area contributed by atoms with Gasteiger partial charge in [0.15, 0.2) is 17.9 Å². The van der Waals surface area contributed by atoms with Crippen LogP contribution in [0.2, 0.25) is 6.32 Å². The quantitative estimate of drug-likeness (QED) is 0.0639. The molecule has 0 aliphatic carbocycles. The topological polar surface area (TPSA) is 169 Å². The van der Waals surface area contributed by atoms with Gasteiger partial charge in [0.25, 0.3) is 0 Å². The van der Waals surface area contributed by atoms with Crippen molar-refractivity contribution in [3.63, 3.8) is 0 Å². The SMILES string of the molecule is Cc1ccc(CC(NC(=O)OC(C)(C)C)C(=O)N2C[C@H](CCCB3OC(C)(C)C(C)(C)O3)[C@](N=[N+]=[N-])(C(=O)OCC(=O)c3ccccc3)C2)cc1. The van der Waals surface area contributed by atoms with Crippen LogP contribution in [-0.2, 0) is 34.8 Å². The minimum absolute atomic E-state index is 0.0311. The van der Waals surface area contributed by atoms with Crippen molar-refractivity contribution in [1.29, 1.82) is 0 Å². The van der Waals surface area contributed by atoms with Gasteiger partial charge >= 0.3 is 19.2 Å². The number of amides is 2. The zero-order chi connectivity index (χ0) is 37.6. The summed E-state index contributed by atoms with van der Waals surface area (Å²) in [5, 5.41) is 6.73. The number of rotatable bonds is 13. The Morgan fingerprint density at radius 2 is 1.67 bits per heavy atom. The van der Waals surface area contributed by atoms with Crippen molar-refractivity contribution >= 4 is 30.9 Å². The molecule has 2 amide bonds. The van der Waals surface area contributed by atoms with E-state index in [-0.39, 0.29) is 19.5 Å². The second kappa shape index (κ2) is 15.9.